The minimum Gasteiger partial charge on any atom is -0.548 e. The number of carboxylic acids is 1. The van der Waals surface area contributed by atoms with Gasteiger partial charge >= 0.3 is 6.09 Å². The van der Waals surface area contributed by atoms with Crippen LogP contribution in [0.2, 0.25) is 0 Å². The summed E-state index contributed by atoms with van der Waals surface area (Å²) >= 11 is 0. The fourth-order valence-corrected chi connectivity index (χ4v) is 4.00. The molecular weight excluding hydrogens is 392 g/mol. The summed E-state index contributed by atoms with van der Waals surface area (Å²) in [6.45, 7) is 0.0778. The molecule has 0 spiro atoms. The topological polar surface area (TPSA) is 102 Å². The first kappa shape index (κ1) is 20.2. The lowest BCUT2D eigenvalue weighted by atomic mass is 9.98. The van der Waals surface area contributed by atoms with E-state index in [2.05, 4.69) is 5.32 Å². The Morgan fingerprint density at radius 2 is 1.55 bits per heavy atom. The number of hydrogen-bond acceptors (Lipinski definition) is 5. The zero-order chi connectivity index (χ0) is 21.8. The average molecular weight is 411 g/mol. The third-order valence-electron chi connectivity index (χ3n) is 5.48. The van der Waals surface area contributed by atoms with E-state index in [1.807, 2.05) is 54.6 Å². The Hall–Kier alpha value is -4.11. The second-order valence-corrected chi connectivity index (χ2v) is 7.31. The molecule has 6 nitrogen and oxygen atoms in total. The minimum atomic E-state index is -1.44. The summed E-state index contributed by atoms with van der Waals surface area (Å²) in [4.78, 5) is 24.0. The van der Waals surface area contributed by atoms with Crippen molar-refractivity contribution in [3.8, 4) is 17.2 Å². The van der Waals surface area contributed by atoms with Gasteiger partial charge in [0.15, 0.2) is 0 Å². The molecule has 154 valence electrons. The number of fused-ring (bicyclic) bond motifs is 3. The molecular formula is C25H19N2O4-. The van der Waals surface area contributed by atoms with Crippen molar-refractivity contribution >= 4 is 12.1 Å². The number of nitriles is 1. The molecule has 0 aromatic heterocycles. The highest BCUT2D eigenvalue weighted by Gasteiger charge is 2.29. The summed E-state index contributed by atoms with van der Waals surface area (Å²) in [5.74, 6) is -1.57. The number of amides is 1. The lowest BCUT2D eigenvalue weighted by Gasteiger charge is -2.21. The molecule has 0 unspecified atom stereocenters. The van der Waals surface area contributed by atoms with Crippen LogP contribution < -0.4 is 10.4 Å². The van der Waals surface area contributed by atoms with Gasteiger partial charge in [-0.3, -0.25) is 0 Å². The number of carboxylic acid groups (broad SMARTS) is 1. The van der Waals surface area contributed by atoms with Gasteiger partial charge in [-0.05, 0) is 40.3 Å². The van der Waals surface area contributed by atoms with Crippen LogP contribution >= 0.6 is 0 Å². The lowest BCUT2D eigenvalue weighted by molar-refractivity contribution is -0.308. The van der Waals surface area contributed by atoms with Gasteiger partial charge < -0.3 is 20.0 Å². The van der Waals surface area contributed by atoms with E-state index < -0.39 is 18.1 Å². The summed E-state index contributed by atoms with van der Waals surface area (Å²) in [5.41, 5.74) is 5.20. The number of nitrogens with one attached hydrogen (secondary N) is 1. The quantitative estimate of drug-likeness (QED) is 0.672. The van der Waals surface area contributed by atoms with E-state index in [-0.39, 0.29) is 18.9 Å². The van der Waals surface area contributed by atoms with Gasteiger partial charge in [0.05, 0.1) is 23.6 Å². The summed E-state index contributed by atoms with van der Waals surface area (Å²) in [6, 6.07) is 23.2. The first-order valence-electron chi connectivity index (χ1n) is 9.89. The van der Waals surface area contributed by atoms with E-state index in [0.717, 1.165) is 22.3 Å². The largest absolute Gasteiger partial charge is 0.548 e. The van der Waals surface area contributed by atoms with Gasteiger partial charge in [-0.1, -0.05) is 66.7 Å². The van der Waals surface area contributed by atoms with Gasteiger partial charge in [0.2, 0.25) is 0 Å². The summed E-state index contributed by atoms with van der Waals surface area (Å²) in [7, 11) is 0. The maximum Gasteiger partial charge on any atom is 0.407 e. The maximum atomic E-state index is 12.4. The van der Waals surface area contributed by atoms with Gasteiger partial charge in [-0.25, -0.2) is 4.79 Å². The second-order valence-electron chi connectivity index (χ2n) is 7.31. The summed E-state index contributed by atoms with van der Waals surface area (Å²) in [6.07, 6.45) is -0.915. The molecule has 1 N–H and O–H groups in total. The molecule has 0 saturated heterocycles. The molecule has 3 aromatic rings. The normalized spacial score (nSPS) is 12.9. The molecule has 0 fully saturated rings. The summed E-state index contributed by atoms with van der Waals surface area (Å²) in [5, 5.41) is 23.1. The highest BCUT2D eigenvalue weighted by molar-refractivity contribution is 5.80. The third-order valence-corrected chi connectivity index (χ3v) is 5.48. The first-order valence-corrected chi connectivity index (χ1v) is 9.89. The number of carbonyl (C=O) groups excluding carboxylic acids is 2. The Balaban J connectivity index is 1.45. The third kappa shape index (κ3) is 4.12. The van der Waals surface area contributed by atoms with Crippen molar-refractivity contribution in [1.82, 2.24) is 5.32 Å². The van der Waals surface area contributed by atoms with Crippen LogP contribution in [0.4, 0.5) is 4.79 Å². The van der Waals surface area contributed by atoms with Crippen LogP contribution in [-0.4, -0.2) is 24.7 Å². The lowest BCUT2D eigenvalue weighted by Crippen LogP contribution is -2.49. The molecule has 0 bridgehead atoms. The Bertz CT molecular complexity index is 1140. The highest BCUT2D eigenvalue weighted by Crippen LogP contribution is 2.44. The zero-order valence-corrected chi connectivity index (χ0v) is 16.6. The molecule has 0 saturated carbocycles. The molecule has 0 radical (unpaired) electrons. The molecule has 0 heterocycles. The Labute approximate surface area is 179 Å². The van der Waals surface area contributed by atoms with E-state index in [0.29, 0.717) is 11.1 Å². The van der Waals surface area contributed by atoms with E-state index in [9.17, 15) is 20.0 Å². The van der Waals surface area contributed by atoms with Gasteiger partial charge in [0.25, 0.3) is 0 Å². The van der Waals surface area contributed by atoms with Crippen LogP contribution in [-0.2, 0) is 16.0 Å². The number of hydrogen-bond donors (Lipinski definition) is 1. The fraction of sp³-hybridized carbons (Fsp3) is 0.160. The molecule has 0 aliphatic heterocycles. The molecule has 1 amide bonds. The Morgan fingerprint density at radius 3 is 2.16 bits per heavy atom. The van der Waals surface area contributed by atoms with E-state index in [1.54, 1.807) is 24.3 Å². The highest BCUT2D eigenvalue weighted by atomic mass is 16.5. The van der Waals surface area contributed by atoms with E-state index in [4.69, 9.17) is 4.74 Å². The van der Waals surface area contributed by atoms with Crippen molar-refractivity contribution in [2.24, 2.45) is 0 Å². The predicted molar refractivity (Wildman–Crippen MR) is 112 cm³/mol. The van der Waals surface area contributed by atoms with Crippen LogP contribution in [0.1, 0.15) is 28.2 Å². The van der Waals surface area contributed by atoms with Crippen LogP contribution in [0.15, 0.2) is 72.8 Å². The van der Waals surface area contributed by atoms with Crippen molar-refractivity contribution in [3.63, 3.8) is 0 Å². The van der Waals surface area contributed by atoms with Gasteiger partial charge in [0, 0.05) is 5.92 Å². The molecule has 6 heteroatoms. The molecule has 1 aliphatic rings. The number of ether oxygens (including phenoxy) is 1. The number of carbonyl (C=O) groups is 2. The monoisotopic (exact) mass is 411 g/mol. The Morgan fingerprint density at radius 1 is 0.968 bits per heavy atom. The minimum absolute atomic E-state index is 0.0732. The number of nitrogens with zero attached hydrogens (tertiary/aromatic N) is 1. The maximum absolute atomic E-state index is 12.4. The first-order chi connectivity index (χ1) is 15.1. The van der Waals surface area contributed by atoms with Crippen molar-refractivity contribution in [3.05, 3.63) is 95.1 Å². The van der Waals surface area contributed by atoms with Gasteiger partial charge in [-0.2, -0.15) is 5.26 Å². The SMILES string of the molecule is N#Cc1ccccc1C[C@H](NC(=O)OCC1c2ccccc2-c2ccccc21)C(=O)[O-]. The molecule has 4 rings (SSSR count). The zero-order valence-electron chi connectivity index (χ0n) is 16.6. The standard InChI is InChI=1S/C25H20N2O4/c26-14-17-8-2-1-7-16(17)13-23(24(28)29)27-25(30)31-15-22-20-11-5-3-9-18(20)19-10-4-6-12-21(19)22/h1-12,22-23H,13,15H2,(H,27,30)(H,28,29)/p-1/t23-/m0/s1. The predicted octanol–water partition coefficient (Wildman–Crippen LogP) is 2.76. The number of alkyl carbamates (subject to hydrolysis) is 1. The summed E-state index contributed by atoms with van der Waals surface area (Å²) < 4.78 is 5.41. The fourth-order valence-electron chi connectivity index (χ4n) is 4.00. The van der Waals surface area contributed by atoms with Crippen molar-refractivity contribution in [2.75, 3.05) is 6.61 Å². The molecule has 1 aliphatic carbocycles. The number of benzene rings is 3. The van der Waals surface area contributed by atoms with Crippen LogP contribution in [0.5, 0.6) is 0 Å². The Kier molecular flexibility index (Phi) is 5.67. The van der Waals surface area contributed by atoms with Gasteiger partial charge in [0.1, 0.15) is 6.61 Å². The van der Waals surface area contributed by atoms with Crippen molar-refractivity contribution in [2.45, 2.75) is 18.4 Å². The molecule has 1 atom stereocenters. The van der Waals surface area contributed by atoms with Crippen LogP contribution in [0.25, 0.3) is 11.1 Å². The molecule has 31 heavy (non-hydrogen) atoms. The average Bonchev–Trinajstić information content (AvgIpc) is 3.11. The smallest absolute Gasteiger partial charge is 0.407 e. The van der Waals surface area contributed by atoms with Gasteiger partial charge in [-0.15, -0.1) is 0 Å². The van der Waals surface area contributed by atoms with Crippen molar-refractivity contribution in [1.29, 1.82) is 5.26 Å². The number of aliphatic carboxylic acids is 1. The second kappa shape index (κ2) is 8.72. The van der Waals surface area contributed by atoms with E-state index in [1.165, 1.54) is 0 Å². The van der Waals surface area contributed by atoms with Crippen LogP contribution in [0.3, 0.4) is 0 Å². The van der Waals surface area contributed by atoms with Crippen molar-refractivity contribution < 1.29 is 19.4 Å². The van der Waals surface area contributed by atoms with Crippen LogP contribution in [0, 0.1) is 11.3 Å². The number of rotatable bonds is 6. The van der Waals surface area contributed by atoms with E-state index >= 15 is 0 Å². The molecule has 3 aromatic carbocycles.